The smallest absolute Gasteiger partial charge is 0.349 e. The topological polar surface area (TPSA) is 105 Å². The first-order valence-corrected chi connectivity index (χ1v) is 6.30. The van der Waals surface area contributed by atoms with Crippen LogP contribution in [0.15, 0.2) is 6.07 Å². The van der Waals surface area contributed by atoms with E-state index in [4.69, 9.17) is 9.84 Å². The zero-order chi connectivity index (χ0) is 14.4. The van der Waals surface area contributed by atoms with Gasteiger partial charge in [-0.25, -0.2) is 4.79 Å². The van der Waals surface area contributed by atoms with Crippen molar-refractivity contribution in [2.45, 2.75) is 20.3 Å². The Morgan fingerprint density at radius 2 is 2.05 bits per heavy atom. The van der Waals surface area contributed by atoms with Gasteiger partial charge in [0.2, 0.25) is 5.91 Å². The lowest BCUT2D eigenvalue weighted by Crippen LogP contribution is -2.42. The van der Waals surface area contributed by atoms with Crippen LogP contribution in [-0.4, -0.2) is 29.5 Å². The predicted octanol–water partition coefficient (Wildman–Crippen LogP) is 0.555. The number of rotatable bonds is 5. The van der Waals surface area contributed by atoms with Gasteiger partial charge in [0, 0.05) is 11.8 Å². The summed E-state index contributed by atoms with van der Waals surface area (Å²) in [5.41, 5.74) is 4.22. The number of amides is 2. The molecule has 3 N–H and O–H groups in total. The minimum absolute atomic E-state index is 0.0594. The number of hydrogen-bond acceptors (Lipinski definition) is 5. The molecule has 2 amide bonds. The van der Waals surface area contributed by atoms with Crippen LogP contribution in [0.1, 0.15) is 28.4 Å². The first-order chi connectivity index (χ1) is 8.93. The van der Waals surface area contributed by atoms with Gasteiger partial charge in [0.15, 0.2) is 11.5 Å². The summed E-state index contributed by atoms with van der Waals surface area (Å²) in [6.45, 7) is 2.77. The normalized spacial score (nSPS) is 9.79. The lowest BCUT2D eigenvalue weighted by molar-refractivity contribution is -0.129. The van der Waals surface area contributed by atoms with Crippen molar-refractivity contribution < 1.29 is 24.2 Å². The van der Waals surface area contributed by atoms with Gasteiger partial charge in [-0.3, -0.25) is 20.4 Å². The second-order valence-corrected chi connectivity index (χ2v) is 4.72. The van der Waals surface area contributed by atoms with E-state index in [1.54, 1.807) is 6.07 Å². The molecule has 0 aliphatic carbocycles. The molecule has 0 spiro atoms. The number of aromatic carboxylic acids is 1. The molecule has 1 rings (SSSR count). The third-order valence-corrected chi connectivity index (χ3v) is 3.28. The van der Waals surface area contributed by atoms with Crippen LogP contribution in [0.2, 0.25) is 0 Å². The lowest BCUT2D eigenvalue weighted by atomic mass is 10.3. The first-order valence-electron chi connectivity index (χ1n) is 5.48. The molecule has 0 saturated heterocycles. The summed E-state index contributed by atoms with van der Waals surface area (Å²) in [4.78, 5) is 33.7. The molecular weight excluding hydrogens is 272 g/mol. The van der Waals surface area contributed by atoms with E-state index in [1.807, 2.05) is 6.92 Å². The molecule has 0 fully saturated rings. The van der Waals surface area contributed by atoms with E-state index in [0.717, 1.165) is 16.2 Å². The fourth-order valence-electron chi connectivity index (χ4n) is 1.19. The van der Waals surface area contributed by atoms with Crippen molar-refractivity contribution in [3.05, 3.63) is 15.8 Å². The molecule has 0 unspecified atom stereocenters. The number of ether oxygens (including phenoxy) is 1. The van der Waals surface area contributed by atoms with Crippen molar-refractivity contribution in [1.29, 1.82) is 0 Å². The molecule has 0 aliphatic rings. The number of carboxylic acids is 1. The minimum atomic E-state index is -1.10. The van der Waals surface area contributed by atoms with Crippen LogP contribution in [0.4, 0.5) is 0 Å². The molecule has 8 heteroatoms. The zero-order valence-electron chi connectivity index (χ0n) is 10.5. The molecule has 0 bridgehead atoms. The van der Waals surface area contributed by atoms with Crippen molar-refractivity contribution in [2.75, 3.05) is 6.61 Å². The zero-order valence-corrected chi connectivity index (χ0v) is 11.3. The minimum Gasteiger partial charge on any atom is -0.482 e. The van der Waals surface area contributed by atoms with Gasteiger partial charge in [-0.1, -0.05) is 6.92 Å². The Morgan fingerprint density at radius 1 is 1.37 bits per heavy atom. The molecule has 1 aromatic heterocycles. The van der Waals surface area contributed by atoms with E-state index < -0.39 is 17.8 Å². The fraction of sp³-hybridized carbons (Fsp3) is 0.364. The average Bonchev–Trinajstić information content (AvgIpc) is 2.77. The van der Waals surface area contributed by atoms with Crippen LogP contribution in [0.5, 0.6) is 5.75 Å². The Hall–Kier alpha value is -2.09. The molecule has 7 nitrogen and oxygen atoms in total. The Kier molecular flexibility index (Phi) is 5.31. The first kappa shape index (κ1) is 15.0. The number of thiophene rings is 1. The van der Waals surface area contributed by atoms with Gasteiger partial charge >= 0.3 is 5.97 Å². The molecule has 0 aliphatic heterocycles. The van der Waals surface area contributed by atoms with E-state index in [9.17, 15) is 14.4 Å². The van der Waals surface area contributed by atoms with Crippen molar-refractivity contribution in [2.24, 2.45) is 0 Å². The van der Waals surface area contributed by atoms with Crippen LogP contribution < -0.4 is 15.6 Å². The van der Waals surface area contributed by atoms with Gasteiger partial charge in [-0.2, -0.15) is 0 Å². The summed E-state index contributed by atoms with van der Waals surface area (Å²) in [6.07, 6.45) is 0.687. The molecule has 0 saturated carbocycles. The molecule has 19 heavy (non-hydrogen) atoms. The third-order valence-electron chi connectivity index (χ3n) is 2.03. The second kappa shape index (κ2) is 6.74. The number of carboxylic acid groups (broad SMARTS) is 1. The summed E-state index contributed by atoms with van der Waals surface area (Å²) in [6, 6.07) is 1.60. The SMILES string of the molecule is CCc1cc(OCC(=O)NNC(C)=O)c(C(=O)O)s1. The van der Waals surface area contributed by atoms with Crippen LogP contribution in [0, 0.1) is 0 Å². The highest BCUT2D eigenvalue weighted by atomic mass is 32.1. The van der Waals surface area contributed by atoms with Crippen LogP contribution in [-0.2, 0) is 16.0 Å². The van der Waals surface area contributed by atoms with Crippen LogP contribution in [0.25, 0.3) is 0 Å². The summed E-state index contributed by atoms with van der Waals surface area (Å²) in [5.74, 6) is -1.92. The maximum Gasteiger partial charge on any atom is 0.349 e. The van der Waals surface area contributed by atoms with Crippen molar-refractivity contribution in [1.82, 2.24) is 10.9 Å². The summed E-state index contributed by atoms with van der Waals surface area (Å²) in [5, 5.41) is 8.99. The van der Waals surface area contributed by atoms with E-state index >= 15 is 0 Å². The molecular formula is C11H14N2O5S. The highest BCUT2D eigenvalue weighted by Crippen LogP contribution is 2.29. The highest BCUT2D eigenvalue weighted by Gasteiger charge is 2.17. The van der Waals surface area contributed by atoms with Gasteiger partial charge in [0.25, 0.3) is 5.91 Å². The van der Waals surface area contributed by atoms with Crippen molar-refractivity contribution >= 4 is 29.1 Å². The molecule has 0 atom stereocenters. The quantitative estimate of drug-likeness (QED) is 0.686. The number of hydrazine groups is 1. The maximum atomic E-state index is 11.3. The van der Waals surface area contributed by atoms with E-state index in [-0.39, 0.29) is 17.2 Å². The Labute approximate surface area is 113 Å². The van der Waals surface area contributed by atoms with Gasteiger partial charge < -0.3 is 9.84 Å². The molecule has 1 heterocycles. The Bertz CT molecular complexity index is 497. The number of hydrogen-bond donors (Lipinski definition) is 3. The van der Waals surface area contributed by atoms with Crippen molar-refractivity contribution in [3.8, 4) is 5.75 Å². The van der Waals surface area contributed by atoms with E-state index in [2.05, 4.69) is 10.9 Å². The maximum absolute atomic E-state index is 11.3. The standard InChI is InChI=1S/C11H14N2O5S/c1-3-7-4-8(10(19-7)11(16)17)18-5-9(15)13-12-6(2)14/h4H,3,5H2,1-2H3,(H,12,14)(H,13,15)(H,16,17). The number of nitrogens with one attached hydrogen (secondary N) is 2. The molecule has 1 aromatic rings. The lowest BCUT2D eigenvalue weighted by Gasteiger charge is -2.06. The number of aryl methyl sites for hydroxylation is 1. The molecule has 0 radical (unpaired) electrons. The van der Waals surface area contributed by atoms with Crippen LogP contribution in [0.3, 0.4) is 0 Å². The van der Waals surface area contributed by atoms with E-state index in [0.29, 0.717) is 6.42 Å². The third kappa shape index (κ3) is 4.59. The average molecular weight is 286 g/mol. The Morgan fingerprint density at radius 3 is 2.58 bits per heavy atom. The summed E-state index contributed by atoms with van der Waals surface area (Å²) >= 11 is 1.11. The van der Waals surface area contributed by atoms with Crippen LogP contribution >= 0.6 is 11.3 Å². The monoisotopic (exact) mass is 286 g/mol. The van der Waals surface area contributed by atoms with Gasteiger partial charge in [0.1, 0.15) is 5.75 Å². The fourth-order valence-corrected chi connectivity index (χ4v) is 2.07. The summed E-state index contributed by atoms with van der Waals surface area (Å²) < 4.78 is 5.14. The number of carbonyl (C=O) groups excluding carboxylic acids is 2. The second-order valence-electron chi connectivity index (χ2n) is 3.58. The largest absolute Gasteiger partial charge is 0.482 e. The predicted molar refractivity (Wildman–Crippen MR) is 68.1 cm³/mol. The highest BCUT2D eigenvalue weighted by molar-refractivity contribution is 7.14. The Balaban J connectivity index is 2.61. The van der Waals surface area contributed by atoms with Gasteiger partial charge in [-0.15, -0.1) is 11.3 Å². The van der Waals surface area contributed by atoms with Gasteiger partial charge in [-0.05, 0) is 12.5 Å². The van der Waals surface area contributed by atoms with Gasteiger partial charge in [0.05, 0.1) is 0 Å². The van der Waals surface area contributed by atoms with Crippen molar-refractivity contribution in [3.63, 3.8) is 0 Å². The summed E-state index contributed by atoms with van der Waals surface area (Å²) in [7, 11) is 0. The molecule has 0 aromatic carbocycles. The van der Waals surface area contributed by atoms with E-state index in [1.165, 1.54) is 6.92 Å². The number of carbonyl (C=O) groups is 3. The molecule has 104 valence electrons.